The molecule has 1 aromatic carbocycles. The first kappa shape index (κ1) is 30.6. The second-order valence-corrected chi connectivity index (χ2v) is 11.8. The minimum atomic E-state index is -0.245. The monoisotopic (exact) mass is 589 g/mol. The molecule has 3 N–H and O–H groups in total. The molecular weight excluding hydrogens is 549 g/mol. The number of pyridine rings is 2. The lowest BCUT2D eigenvalue weighted by Crippen LogP contribution is -2.21. The molecule has 8 heteroatoms. The molecule has 5 rings (SSSR count). The summed E-state index contributed by atoms with van der Waals surface area (Å²) in [5.41, 5.74) is 8.92. The fourth-order valence-electron chi connectivity index (χ4n) is 5.06. The molecule has 7 nitrogen and oxygen atoms in total. The zero-order chi connectivity index (χ0) is 31.4. The summed E-state index contributed by atoms with van der Waals surface area (Å²) in [4.78, 5) is 14.4. The summed E-state index contributed by atoms with van der Waals surface area (Å²) in [5.74, 6) is 0.0804. The van der Waals surface area contributed by atoms with Crippen molar-refractivity contribution in [3.05, 3.63) is 101 Å². The minimum Gasteiger partial charge on any atom is -0.358 e. The fourth-order valence-corrected chi connectivity index (χ4v) is 5.06. The van der Waals surface area contributed by atoms with Crippen LogP contribution < -0.4 is 15.9 Å². The van der Waals surface area contributed by atoms with Crippen LogP contribution in [0.3, 0.4) is 0 Å². The first-order valence-electron chi connectivity index (χ1n) is 14.8. The Balaban J connectivity index is 1.43. The molecule has 0 bridgehead atoms. The molecule has 4 heterocycles. The third-order valence-corrected chi connectivity index (χ3v) is 7.73. The maximum atomic E-state index is 14.7. The third kappa shape index (κ3) is 7.03. The number of aryl methyl sites for hydroxylation is 1. The lowest BCUT2D eigenvalue weighted by atomic mass is 9.99. The Morgan fingerprint density at radius 3 is 2.64 bits per heavy atom. The number of hydrogen-bond donors (Lipinski definition) is 3. The second kappa shape index (κ2) is 13.2. The Hall–Kier alpha value is -4.82. The van der Waals surface area contributed by atoms with Gasteiger partial charge in [-0.3, -0.25) is 15.1 Å². The van der Waals surface area contributed by atoms with Crippen molar-refractivity contribution in [3.8, 4) is 22.5 Å². The quantitative estimate of drug-likeness (QED) is 0.163. The normalized spacial score (nSPS) is 12.5. The molecule has 0 spiro atoms. The Bertz CT molecular complexity index is 1940. The molecule has 5 aromatic rings. The van der Waals surface area contributed by atoms with E-state index in [1.165, 1.54) is 0 Å². The highest BCUT2D eigenvalue weighted by Gasteiger charge is 2.13. The number of nitrogens with zero attached hydrogens (tertiary/aromatic N) is 4. The number of allylic oxidation sites excluding steroid dienone is 3. The number of fused-ring (bicyclic) bond motifs is 1. The van der Waals surface area contributed by atoms with Crippen LogP contribution in [0, 0.1) is 11.7 Å². The maximum absolute atomic E-state index is 14.7. The Kier molecular flexibility index (Phi) is 9.20. The van der Waals surface area contributed by atoms with E-state index >= 15 is 0 Å². The van der Waals surface area contributed by atoms with E-state index in [-0.39, 0.29) is 5.82 Å². The molecule has 0 radical (unpaired) electrons. The maximum Gasteiger partial charge on any atom is 0.124 e. The number of H-pyrrole nitrogens is 2. The van der Waals surface area contributed by atoms with Crippen LogP contribution in [0.1, 0.15) is 38.3 Å². The minimum absolute atomic E-state index is 0.245. The predicted octanol–water partition coefficient (Wildman–Crippen LogP) is 6.52. The van der Waals surface area contributed by atoms with Crippen LogP contribution in [0.4, 0.5) is 10.1 Å². The smallest absolute Gasteiger partial charge is 0.124 e. The lowest BCUT2D eigenvalue weighted by Gasteiger charge is -2.13. The summed E-state index contributed by atoms with van der Waals surface area (Å²) in [6.07, 6.45) is 13.0. The fraction of sp³-hybridized carbons (Fsp3) is 0.250. The number of hydrogen-bond acceptors (Lipinski definition) is 5. The molecule has 0 aliphatic rings. The van der Waals surface area contributed by atoms with Crippen LogP contribution in [0.5, 0.6) is 0 Å². The van der Waals surface area contributed by atoms with Crippen LogP contribution in [-0.4, -0.2) is 50.7 Å². The number of halogens is 1. The van der Waals surface area contributed by atoms with Gasteiger partial charge >= 0.3 is 0 Å². The number of aromatic amines is 2. The summed E-state index contributed by atoms with van der Waals surface area (Å²) >= 11 is 0. The largest absolute Gasteiger partial charge is 0.358 e. The van der Waals surface area contributed by atoms with Crippen LogP contribution in [0.2, 0.25) is 0 Å². The molecular formula is C36H40FN7. The molecule has 0 atom stereocenters. The van der Waals surface area contributed by atoms with Gasteiger partial charge in [-0.1, -0.05) is 39.1 Å². The number of rotatable bonds is 11. The number of benzene rings is 1. The van der Waals surface area contributed by atoms with Crippen molar-refractivity contribution in [1.29, 1.82) is 0 Å². The van der Waals surface area contributed by atoms with Gasteiger partial charge in [-0.15, -0.1) is 0 Å². The first-order chi connectivity index (χ1) is 21.1. The van der Waals surface area contributed by atoms with Crippen LogP contribution in [-0.2, 0) is 6.42 Å². The molecule has 0 saturated heterocycles. The van der Waals surface area contributed by atoms with E-state index in [1.807, 2.05) is 45.4 Å². The Labute approximate surface area is 258 Å². The third-order valence-electron chi connectivity index (χ3n) is 7.73. The van der Waals surface area contributed by atoms with Gasteiger partial charge in [0.05, 0.1) is 34.6 Å². The van der Waals surface area contributed by atoms with Gasteiger partial charge in [-0.2, -0.15) is 5.10 Å². The Morgan fingerprint density at radius 2 is 1.86 bits per heavy atom. The van der Waals surface area contributed by atoms with Gasteiger partial charge in [0.2, 0.25) is 0 Å². The van der Waals surface area contributed by atoms with Gasteiger partial charge in [0.15, 0.2) is 0 Å². The lowest BCUT2D eigenvalue weighted by molar-refractivity contribution is 0.400. The van der Waals surface area contributed by atoms with Crippen molar-refractivity contribution >= 4 is 34.8 Å². The van der Waals surface area contributed by atoms with Crippen LogP contribution in [0.25, 0.3) is 51.6 Å². The summed E-state index contributed by atoms with van der Waals surface area (Å²) < 4.78 is 14.7. The van der Waals surface area contributed by atoms with E-state index in [4.69, 9.17) is 0 Å². The summed E-state index contributed by atoms with van der Waals surface area (Å²) in [6.45, 7) is 15.6. The average Bonchev–Trinajstić information content (AvgIpc) is 3.58. The molecule has 226 valence electrons. The van der Waals surface area contributed by atoms with Gasteiger partial charge < -0.3 is 15.2 Å². The van der Waals surface area contributed by atoms with Crippen LogP contribution >= 0.6 is 0 Å². The van der Waals surface area contributed by atoms with Crippen molar-refractivity contribution in [3.63, 3.8) is 0 Å². The van der Waals surface area contributed by atoms with E-state index in [2.05, 4.69) is 74.5 Å². The van der Waals surface area contributed by atoms with E-state index in [0.717, 1.165) is 85.8 Å². The molecule has 0 aliphatic heterocycles. The SMILES string of the molecule is C=C(Nc1cncc(/C(C)=C/C=c2/[nH]nc(-c3cc4c(-c5cc(F)cc(CCCN(C)C)c5)cncc4[nH]3)c2=C)c1)C(C)C. The van der Waals surface area contributed by atoms with E-state index in [1.54, 1.807) is 30.7 Å². The van der Waals surface area contributed by atoms with Crippen LogP contribution in [0.15, 0.2) is 73.5 Å². The van der Waals surface area contributed by atoms with Gasteiger partial charge in [-0.25, -0.2) is 4.39 Å². The zero-order valence-electron chi connectivity index (χ0n) is 26.1. The summed E-state index contributed by atoms with van der Waals surface area (Å²) in [5, 5.41) is 13.6. The van der Waals surface area contributed by atoms with Gasteiger partial charge in [0.25, 0.3) is 0 Å². The molecule has 0 amide bonds. The second-order valence-electron chi connectivity index (χ2n) is 11.8. The van der Waals surface area contributed by atoms with Crippen molar-refractivity contribution < 1.29 is 4.39 Å². The molecule has 0 aliphatic carbocycles. The summed E-state index contributed by atoms with van der Waals surface area (Å²) in [6, 6.07) is 9.35. The van der Waals surface area contributed by atoms with Crippen molar-refractivity contribution in [2.45, 2.75) is 33.6 Å². The van der Waals surface area contributed by atoms with E-state index in [9.17, 15) is 4.39 Å². The van der Waals surface area contributed by atoms with Gasteiger partial charge in [-0.05, 0) is 98.9 Å². The van der Waals surface area contributed by atoms with Crippen molar-refractivity contribution in [2.24, 2.45) is 5.92 Å². The van der Waals surface area contributed by atoms with Gasteiger partial charge in [0, 0.05) is 34.3 Å². The first-order valence-corrected chi connectivity index (χ1v) is 14.8. The highest BCUT2D eigenvalue weighted by molar-refractivity contribution is 5.97. The van der Waals surface area contributed by atoms with Crippen molar-refractivity contribution in [1.82, 2.24) is 30.0 Å². The highest BCUT2D eigenvalue weighted by atomic mass is 19.1. The highest BCUT2D eigenvalue weighted by Crippen LogP contribution is 2.31. The number of nitrogens with one attached hydrogen (secondary N) is 3. The van der Waals surface area contributed by atoms with E-state index in [0.29, 0.717) is 11.6 Å². The average molecular weight is 590 g/mol. The summed E-state index contributed by atoms with van der Waals surface area (Å²) in [7, 11) is 4.09. The predicted molar refractivity (Wildman–Crippen MR) is 181 cm³/mol. The Morgan fingerprint density at radius 1 is 1.07 bits per heavy atom. The molecule has 44 heavy (non-hydrogen) atoms. The van der Waals surface area contributed by atoms with Crippen molar-refractivity contribution in [2.75, 3.05) is 26.0 Å². The molecule has 0 saturated carbocycles. The topological polar surface area (TPSA) is 85.5 Å². The molecule has 0 unspecified atom stereocenters. The molecule has 4 aromatic heterocycles. The molecule has 0 fully saturated rings. The van der Waals surface area contributed by atoms with E-state index < -0.39 is 0 Å². The zero-order valence-corrected chi connectivity index (χ0v) is 26.1. The van der Waals surface area contributed by atoms with Gasteiger partial charge in [0.1, 0.15) is 11.5 Å². The number of anilines is 1. The standard InChI is InChI=1S/C36H40FN7/c1-22(2)25(5)40-30-16-28(18-38-19-30)23(3)10-11-33-24(4)36(43-42-33)34-17-31-32(20-39-21-35(31)41-34)27-13-26(14-29(37)15-27)9-8-12-44(6)7/h10-11,13-22,40-42H,4-5,8-9,12H2,1-3,6-7H3/b23-10+,33-11+. The number of aromatic nitrogens is 5.